The van der Waals surface area contributed by atoms with Gasteiger partial charge < -0.3 is 19.7 Å². The van der Waals surface area contributed by atoms with E-state index in [1.54, 1.807) is 37.4 Å². The Morgan fingerprint density at radius 3 is 2.43 bits per heavy atom. The number of rotatable bonds is 6. The van der Waals surface area contributed by atoms with E-state index < -0.39 is 17.5 Å². The average Bonchev–Trinajstić information content (AvgIpc) is 2.97. The molecule has 0 radical (unpaired) electrons. The highest BCUT2D eigenvalue weighted by molar-refractivity contribution is 5.97. The molecule has 146 valence electrons. The van der Waals surface area contributed by atoms with Crippen LogP contribution >= 0.6 is 0 Å². The van der Waals surface area contributed by atoms with E-state index in [0.29, 0.717) is 5.56 Å². The molecule has 0 saturated heterocycles. The minimum atomic E-state index is -0.524. The van der Waals surface area contributed by atoms with Crippen molar-refractivity contribution in [2.24, 2.45) is 0 Å². The zero-order valence-corrected chi connectivity index (χ0v) is 15.3. The smallest absolute Gasteiger partial charge is 0.259 e. The summed E-state index contributed by atoms with van der Waals surface area (Å²) in [5.41, 5.74) is 1.13. The number of aromatic hydroxyl groups is 2. The number of hydrogen-bond acceptors (Lipinski definition) is 3. The summed E-state index contributed by atoms with van der Waals surface area (Å²) in [6.07, 6.45) is 1.63. The van der Waals surface area contributed by atoms with Crippen LogP contribution in [-0.2, 0) is 19.5 Å². The third kappa shape index (κ3) is 4.14. The second-order valence-corrected chi connectivity index (χ2v) is 6.54. The summed E-state index contributed by atoms with van der Waals surface area (Å²) in [5.74, 6) is -2.19. The summed E-state index contributed by atoms with van der Waals surface area (Å²) in [7, 11) is 1.54. The van der Waals surface area contributed by atoms with Crippen LogP contribution in [0.15, 0.2) is 54.7 Å². The number of carbonyl (C=O) groups is 1. The van der Waals surface area contributed by atoms with E-state index >= 15 is 0 Å². The molecular weight excluding hydrogens is 366 g/mol. The van der Waals surface area contributed by atoms with Crippen LogP contribution in [0, 0.1) is 11.6 Å². The predicted octanol–water partition coefficient (Wildman–Crippen LogP) is 3.69. The van der Waals surface area contributed by atoms with Gasteiger partial charge in [0.05, 0.1) is 0 Å². The minimum absolute atomic E-state index is 0.0596. The van der Waals surface area contributed by atoms with Gasteiger partial charge in [-0.3, -0.25) is 4.79 Å². The van der Waals surface area contributed by atoms with Crippen LogP contribution in [0.1, 0.15) is 21.5 Å². The van der Waals surface area contributed by atoms with Gasteiger partial charge in [-0.2, -0.15) is 0 Å². The summed E-state index contributed by atoms with van der Waals surface area (Å²) in [6, 6.07) is 12.0. The van der Waals surface area contributed by atoms with E-state index in [2.05, 4.69) is 0 Å². The SMILES string of the molecule is CN(Cc1ccc(F)cc1)C(=O)c1cn(CCc2ccccc2F)c(O)c1O. The maximum absolute atomic E-state index is 13.7. The lowest BCUT2D eigenvalue weighted by Gasteiger charge is -2.16. The number of halogens is 2. The first-order valence-corrected chi connectivity index (χ1v) is 8.71. The van der Waals surface area contributed by atoms with Crippen molar-refractivity contribution in [2.45, 2.75) is 19.5 Å². The number of nitrogens with zero attached hydrogens (tertiary/aromatic N) is 2. The Balaban J connectivity index is 1.73. The first-order chi connectivity index (χ1) is 13.4. The lowest BCUT2D eigenvalue weighted by molar-refractivity contribution is 0.0782. The second-order valence-electron chi connectivity index (χ2n) is 6.54. The monoisotopic (exact) mass is 386 g/mol. The third-order valence-electron chi connectivity index (χ3n) is 4.51. The minimum Gasteiger partial charge on any atom is -0.503 e. The molecule has 2 aromatic carbocycles. The molecule has 3 rings (SSSR count). The highest BCUT2D eigenvalue weighted by Gasteiger charge is 2.23. The molecule has 0 atom stereocenters. The summed E-state index contributed by atoms with van der Waals surface area (Å²) in [6.45, 7) is 0.398. The van der Waals surface area contributed by atoms with Crippen molar-refractivity contribution in [3.05, 3.63) is 83.1 Å². The first-order valence-electron chi connectivity index (χ1n) is 8.71. The number of carbonyl (C=O) groups excluding carboxylic acids is 1. The van der Waals surface area contributed by atoms with Crippen LogP contribution in [0.25, 0.3) is 0 Å². The van der Waals surface area contributed by atoms with E-state index in [-0.39, 0.29) is 36.7 Å². The van der Waals surface area contributed by atoms with Gasteiger partial charge in [-0.25, -0.2) is 8.78 Å². The van der Waals surface area contributed by atoms with Crippen molar-refractivity contribution in [1.29, 1.82) is 0 Å². The van der Waals surface area contributed by atoms with Gasteiger partial charge in [0, 0.05) is 26.3 Å². The molecule has 3 aromatic rings. The van der Waals surface area contributed by atoms with Crippen molar-refractivity contribution in [1.82, 2.24) is 9.47 Å². The number of benzene rings is 2. The highest BCUT2D eigenvalue weighted by Crippen LogP contribution is 2.32. The Morgan fingerprint density at radius 1 is 1.07 bits per heavy atom. The van der Waals surface area contributed by atoms with Crippen LogP contribution < -0.4 is 0 Å². The molecule has 0 bridgehead atoms. The van der Waals surface area contributed by atoms with Gasteiger partial charge in [0.15, 0.2) is 5.75 Å². The molecule has 5 nitrogen and oxygen atoms in total. The van der Waals surface area contributed by atoms with Crippen LogP contribution in [0.3, 0.4) is 0 Å². The van der Waals surface area contributed by atoms with Gasteiger partial charge in [-0.05, 0) is 35.7 Å². The Kier molecular flexibility index (Phi) is 5.63. The molecule has 0 fully saturated rings. The van der Waals surface area contributed by atoms with Crippen LogP contribution in [-0.4, -0.2) is 32.6 Å². The van der Waals surface area contributed by atoms with E-state index in [1.165, 1.54) is 33.9 Å². The molecule has 0 saturated carbocycles. The molecule has 0 spiro atoms. The molecule has 2 N–H and O–H groups in total. The van der Waals surface area contributed by atoms with E-state index in [9.17, 15) is 23.8 Å². The third-order valence-corrected chi connectivity index (χ3v) is 4.51. The number of amides is 1. The number of hydrogen-bond donors (Lipinski definition) is 2. The zero-order chi connectivity index (χ0) is 20.3. The highest BCUT2D eigenvalue weighted by atomic mass is 19.1. The first kappa shape index (κ1) is 19.4. The standard InChI is InChI=1S/C21H20F2N2O3/c1-24(12-14-6-8-16(22)9-7-14)20(27)17-13-25(21(28)19(17)26)11-10-15-4-2-3-5-18(15)23/h2-9,13,26,28H,10-12H2,1H3. The fourth-order valence-corrected chi connectivity index (χ4v) is 2.94. The van der Waals surface area contributed by atoms with Crippen LogP contribution in [0.2, 0.25) is 0 Å². The largest absolute Gasteiger partial charge is 0.503 e. The van der Waals surface area contributed by atoms with Gasteiger partial charge in [0.1, 0.15) is 17.2 Å². The normalized spacial score (nSPS) is 10.8. The molecule has 1 amide bonds. The summed E-state index contributed by atoms with van der Waals surface area (Å²) >= 11 is 0. The van der Waals surface area contributed by atoms with Crippen molar-refractivity contribution in [3.8, 4) is 11.6 Å². The van der Waals surface area contributed by atoms with E-state index in [1.807, 2.05) is 0 Å². The Bertz CT molecular complexity index is 984. The van der Waals surface area contributed by atoms with E-state index in [4.69, 9.17) is 0 Å². The lowest BCUT2D eigenvalue weighted by Crippen LogP contribution is -2.26. The fraction of sp³-hybridized carbons (Fsp3) is 0.190. The molecule has 28 heavy (non-hydrogen) atoms. The molecule has 0 aliphatic carbocycles. The van der Waals surface area contributed by atoms with Gasteiger partial charge in [0.2, 0.25) is 5.88 Å². The number of aromatic nitrogens is 1. The predicted molar refractivity (Wildman–Crippen MR) is 100 cm³/mol. The Hall–Kier alpha value is -3.35. The molecule has 1 heterocycles. The molecule has 7 heteroatoms. The average molecular weight is 386 g/mol. The maximum Gasteiger partial charge on any atom is 0.259 e. The quantitative estimate of drug-likeness (QED) is 0.679. The fourth-order valence-electron chi connectivity index (χ4n) is 2.94. The van der Waals surface area contributed by atoms with Gasteiger partial charge >= 0.3 is 0 Å². The molecule has 0 aliphatic heterocycles. The zero-order valence-electron chi connectivity index (χ0n) is 15.3. The van der Waals surface area contributed by atoms with Crippen LogP contribution in [0.4, 0.5) is 8.78 Å². The van der Waals surface area contributed by atoms with Gasteiger partial charge in [-0.1, -0.05) is 30.3 Å². The van der Waals surface area contributed by atoms with Crippen molar-refractivity contribution < 1.29 is 23.8 Å². The second kappa shape index (κ2) is 8.12. The summed E-state index contributed by atoms with van der Waals surface area (Å²) in [4.78, 5) is 14.0. The summed E-state index contributed by atoms with van der Waals surface area (Å²) in [5, 5.41) is 20.3. The summed E-state index contributed by atoms with van der Waals surface area (Å²) < 4.78 is 28.0. The molecule has 0 aliphatic rings. The Labute approximate surface area is 161 Å². The van der Waals surface area contributed by atoms with Crippen molar-refractivity contribution in [3.63, 3.8) is 0 Å². The van der Waals surface area contributed by atoms with Gasteiger partial charge in [0.25, 0.3) is 5.91 Å². The van der Waals surface area contributed by atoms with Crippen LogP contribution in [0.5, 0.6) is 11.6 Å². The van der Waals surface area contributed by atoms with Crippen molar-refractivity contribution in [2.75, 3.05) is 7.05 Å². The van der Waals surface area contributed by atoms with Gasteiger partial charge in [-0.15, -0.1) is 0 Å². The Morgan fingerprint density at radius 2 is 1.75 bits per heavy atom. The molecule has 1 aromatic heterocycles. The van der Waals surface area contributed by atoms with E-state index in [0.717, 1.165) is 5.56 Å². The lowest BCUT2D eigenvalue weighted by atomic mass is 10.1. The maximum atomic E-state index is 13.7. The molecule has 0 unspecified atom stereocenters. The molecular formula is C21H20F2N2O3. The topological polar surface area (TPSA) is 65.7 Å². The van der Waals surface area contributed by atoms with Crippen molar-refractivity contribution >= 4 is 5.91 Å². The number of aryl methyl sites for hydroxylation is 2.